The van der Waals surface area contributed by atoms with Crippen LogP contribution in [-0.4, -0.2) is 31.0 Å². The highest BCUT2D eigenvalue weighted by Gasteiger charge is 2.47. The van der Waals surface area contributed by atoms with Crippen LogP contribution in [0.4, 0.5) is 10.1 Å². The van der Waals surface area contributed by atoms with Gasteiger partial charge in [0, 0.05) is 11.3 Å². The first-order chi connectivity index (χ1) is 17.8. The van der Waals surface area contributed by atoms with Gasteiger partial charge in [-0.05, 0) is 78.8 Å². The quantitative estimate of drug-likeness (QED) is 0.253. The number of aliphatic hydroxyl groups excluding tert-OH is 1. The van der Waals surface area contributed by atoms with Gasteiger partial charge >= 0.3 is 0 Å². The van der Waals surface area contributed by atoms with Crippen LogP contribution < -0.4 is 14.4 Å². The number of carbonyl (C=O) groups is 2. The van der Waals surface area contributed by atoms with Crippen LogP contribution in [0.3, 0.4) is 0 Å². The number of nitrogens with zero attached hydrogens (tertiary/aromatic N) is 1. The monoisotopic (exact) mass is 521 g/mol. The number of anilines is 1. The minimum Gasteiger partial charge on any atom is -0.507 e. The summed E-state index contributed by atoms with van der Waals surface area (Å²) in [5.41, 5.74) is 3.45. The van der Waals surface area contributed by atoms with E-state index in [1.165, 1.54) is 36.8 Å². The average Bonchev–Trinajstić information content (AvgIpc) is 3.19. The van der Waals surface area contributed by atoms with E-state index >= 15 is 0 Å². The van der Waals surface area contributed by atoms with Crippen LogP contribution >= 0.6 is 11.6 Å². The summed E-state index contributed by atoms with van der Waals surface area (Å²) in [6.07, 6.45) is 4.03. The maximum atomic E-state index is 13.9. The summed E-state index contributed by atoms with van der Waals surface area (Å²) in [4.78, 5) is 28.0. The van der Waals surface area contributed by atoms with E-state index in [9.17, 15) is 19.1 Å². The highest BCUT2D eigenvalue weighted by molar-refractivity contribution is 6.51. The molecular formula is C29H25ClFNO5. The number of hydrogen-bond donors (Lipinski definition) is 1. The number of Topliss-reactive ketones (excluding diaryl/α,β-unsaturated/α-hetero) is 1. The molecule has 1 aliphatic carbocycles. The van der Waals surface area contributed by atoms with Gasteiger partial charge in [0.2, 0.25) is 0 Å². The molecule has 190 valence electrons. The fraction of sp³-hybridized carbons (Fsp3) is 0.241. The molecule has 8 heteroatoms. The summed E-state index contributed by atoms with van der Waals surface area (Å²) in [7, 11) is 2.98. The molecule has 1 atom stereocenters. The van der Waals surface area contributed by atoms with Gasteiger partial charge < -0.3 is 14.6 Å². The Labute approximate surface area is 218 Å². The fourth-order valence-electron chi connectivity index (χ4n) is 5.11. The summed E-state index contributed by atoms with van der Waals surface area (Å²) >= 11 is 6.02. The molecule has 0 bridgehead atoms. The Morgan fingerprint density at radius 3 is 2.38 bits per heavy atom. The van der Waals surface area contributed by atoms with Crippen molar-refractivity contribution in [3.8, 4) is 11.5 Å². The number of halogens is 2. The number of hydrogen-bond acceptors (Lipinski definition) is 5. The van der Waals surface area contributed by atoms with Crippen LogP contribution in [0.15, 0.2) is 60.2 Å². The minimum atomic E-state index is -1.02. The van der Waals surface area contributed by atoms with E-state index in [0.29, 0.717) is 22.6 Å². The Balaban J connectivity index is 1.72. The van der Waals surface area contributed by atoms with Gasteiger partial charge in [0.05, 0.1) is 30.9 Å². The number of aliphatic hydroxyl groups is 1. The van der Waals surface area contributed by atoms with Crippen LogP contribution in [0.5, 0.6) is 11.5 Å². The van der Waals surface area contributed by atoms with Crippen LogP contribution in [0.2, 0.25) is 5.02 Å². The van der Waals surface area contributed by atoms with Crippen molar-refractivity contribution in [3.05, 3.63) is 93.3 Å². The summed E-state index contributed by atoms with van der Waals surface area (Å²) < 4.78 is 24.7. The highest BCUT2D eigenvalue weighted by atomic mass is 35.5. The first-order valence-electron chi connectivity index (χ1n) is 11.9. The van der Waals surface area contributed by atoms with Crippen LogP contribution in [0.25, 0.3) is 5.76 Å². The third-order valence-electron chi connectivity index (χ3n) is 6.97. The number of ether oxygens (including phenoxy) is 2. The van der Waals surface area contributed by atoms with Crippen molar-refractivity contribution in [3.63, 3.8) is 0 Å². The third-order valence-corrected chi connectivity index (χ3v) is 7.26. The summed E-state index contributed by atoms with van der Waals surface area (Å²) in [6.45, 7) is 0. The van der Waals surface area contributed by atoms with Crippen molar-refractivity contribution < 1.29 is 28.6 Å². The number of rotatable bonds is 5. The van der Waals surface area contributed by atoms with Gasteiger partial charge in [-0.25, -0.2) is 4.39 Å². The van der Waals surface area contributed by atoms with Crippen LogP contribution in [-0.2, 0) is 22.4 Å². The van der Waals surface area contributed by atoms with Crippen molar-refractivity contribution in [1.82, 2.24) is 0 Å². The maximum Gasteiger partial charge on any atom is 0.300 e. The second-order valence-electron chi connectivity index (χ2n) is 9.07. The van der Waals surface area contributed by atoms with Gasteiger partial charge in [-0.15, -0.1) is 0 Å². The van der Waals surface area contributed by atoms with Crippen LogP contribution in [0, 0.1) is 5.82 Å². The van der Waals surface area contributed by atoms with Crippen molar-refractivity contribution in [2.24, 2.45) is 0 Å². The number of aryl methyl sites for hydroxylation is 2. The molecule has 0 radical (unpaired) electrons. The van der Waals surface area contributed by atoms with Crippen molar-refractivity contribution >= 4 is 34.7 Å². The van der Waals surface area contributed by atoms with Gasteiger partial charge in [0.15, 0.2) is 11.5 Å². The maximum absolute atomic E-state index is 13.9. The first kappa shape index (κ1) is 24.8. The molecule has 6 nitrogen and oxygen atoms in total. The number of carbonyl (C=O) groups excluding carboxylic acids is 2. The summed E-state index contributed by atoms with van der Waals surface area (Å²) in [6, 6.07) is 13.4. The molecule has 5 rings (SSSR count). The molecule has 0 saturated carbocycles. The second kappa shape index (κ2) is 9.90. The Kier molecular flexibility index (Phi) is 6.65. The summed E-state index contributed by atoms with van der Waals surface area (Å²) in [5.74, 6) is -1.79. The molecule has 1 fully saturated rings. The number of amides is 1. The molecule has 1 unspecified atom stereocenters. The SMILES string of the molecule is COc1ccc(C2/C(=C(\O)c3ccc4c(c3)CCCC4)C(=O)C(=O)N2c2ccc(F)c(Cl)c2)cc1OC. The van der Waals surface area contributed by atoms with E-state index in [1.807, 2.05) is 12.1 Å². The molecule has 3 aromatic carbocycles. The van der Waals surface area contributed by atoms with E-state index in [-0.39, 0.29) is 22.0 Å². The van der Waals surface area contributed by atoms with Crippen LogP contribution in [0.1, 0.15) is 41.1 Å². The van der Waals surface area contributed by atoms with Crippen molar-refractivity contribution in [1.29, 1.82) is 0 Å². The highest BCUT2D eigenvalue weighted by Crippen LogP contribution is 2.45. The molecule has 2 aliphatic rings. The second-order valence-corrected chi connectivity index (χ2v) is 9.48. The smallest absolute Gasteiger partial charge is 0.300 e. The van der Waals surface area contributed by atoms with Gasteiger partial charge in [0.25, 0.3) is 11.7 Å². The largest absolute Gasteiger partial charge is 0.507 e. The number of methoxy groups -OCH3 is 2. The molecule has 37 heavy (non-hydrogen) atoms. The lowest BCUT2D eigenvalue weighted by Gasteiger charge is -2.26. The standard InChI is InChI=1S/C29H25ClFNO5/c1-36-23-12-9-18(14-24(23)37-2)26-25(27(33)19-8-7-16-5-3-4-6-17(16)13-19)28(34)29(35)32(26)20-10-11-22(31)21(30)15-20/h7-15,26,33H,3-6H2,1-2H3/b27-25+. The number of ketones is 1. The normalized spacial score (nSPS) is 18.6. The van der Waals surface area contributed by atoms with E-state index in [1.54, 1.807) is 24.3 Å². The lowest BCUT2D eigenvalue weighted by atomic mass is 9.88. The van der Waals surface area contributed by atoms with Gasteiger partial charge in [-0.2, -0.15) is 0 Å². The molecule has 0 aromatic heterocycles. The first-order valence-corrected chi connectivity index (χ1v) is 12.3. The number of fused-ring (bicyclic) bond motifs is 1. The topological polar surface area (TPSA) is 76.1 Å². The van der Waals surface area contributed by atoms with Gasteiger partial charge in [-0.3, -0.25) is 14.5 Å². The lowest BCUT2D eigenvalue weighted by molar-refractivity contribution is -0.132. The molecule has 1 saturated heterocycles. The zero-order valence-corrected chi connectivity index (χ0v) is 21.1. The molecule has 3 aromatic rings. The van der Waals surface area contributed by atoms with E-state index in [4.69, 9.17) is 21.1 Å². The Morgan fingerprint density at radius 1 is 0.946 bits per heavy atom. The Morgan fingerprint density at radius 2 is 1.68 bits per heavy atom. The molecule has 1 aliphatic heterocycles. The zero-order chi connectivity index (χ0) is 26.3. The predicted molar refractivity (Wildman–Crippen MR) is 139 cm³/mol. The van der Waals surface area contributed by atoms with Gasteiger partial charge in [0.1, 0.15) is 11.6 Å². The zero-order valence-electron chi connectivity index (χ0n) is 20.4. The molecule has 0 spiro atoms. The van der Waals surface area contributed by atoms with Crippen molar-refractivity contribution in [2.75, 3.05) is 19.1 Å². The van der Waals surface area contributed by atoms with Gasteiger partial charge in [-0.1, -0.05) is 29.8 Å². The molecular weight excluding hydrogens is 497 g/mol. The van der Waals surface area contributed by atoms with Crippen molar-refractivity contribution in [2.45, 2.75) is 31.7 Å². The molecule has 1 N–H and O–H groups in total. The lowest BCUT2D eigenvalue weighted by Crippen LogP contribution is -2.29. The van der Waals surface area contributed by atoms with E-state index < -0.39 is 23.5 Å². The Hall–Kier alpha value is -3.84. The molecule has 1 amide bonds. The fourth-order valence-corrected chi connectivity index (χ4v) is 5.28. The summed E-state index contributed by atoms with van der Waals surface area (Å²) in [5, 5.41) is 11.3. The third kappa shape index (κ3) is 4.33. The average molecular weight is 522 g/mol. The van der Waals surface area contributed by atoms with E-state index in [2.05, 4.69) is 0 Å². The molecule has 1 heterocycles. The predicted octanol–water partition coefficient (Wildman–Crippen LogP) is 6.00. The Bertz CT molecular complexity index is 1450. The van der Waals surface area contributed by atoms with E-state index in [0.717, 1.165) is 37.3 Å². The minimum absolute atomic E-state index is 0.0755. The number of benzene rings is 3.